The van der Waals surface area contributed by atoms with E-state index in [1.807, 2.05) is 0 Å². The van der Waals surface area contributed by atoms with E-state index >= 15 is 0 Å². The van der Waals surface area contributed by atoms with Crippen molar-refractivity contribution in [2.75, 3.05) is 24.7 Å². The van der Waals surface area contributed by atoms with Crippen molar-refractivity contribution in [1.82, 2.24) is 4.98 Å². The Kier molecular flexibility index (Phi) is 4.70. The van der Waals surface area contributed by atoms with Gasteiger partial charge in [0.2, 0.25) is 0 Å². The highest BCUT2D eigenvalue weighted by Gasteiger charge is 2.12. The second-order valence-corrected chi connectivity index (χ2v) is 5.53. The molecule has 0 aliphatic rings. The van der Waals surface area contributed by atoms with Gasteiger partial charge in [0.1, 0.15) is 10.7 Å². The first-order valence-corrected chi connectivity index (χ1v) is 7.04. The molecule has 1 aromatic rings. The molecule has 90 valence electrons. The number of pyridine rings is 1. The molecular formula is C10H17N3O2S. The van der Waals surface area contributed by atoms with Crippen LogP contribution in [0.1, 0.15) is 12.8 Å². The SMILES string of the molecule is CS(=O)(=O)c1cccnc1NCCCCN. The number of anilines is 1. The lowest BCUT2D eigenvalue weighted by Crippen LogP contribution is -2.10. The van der Waals surface area contributed by atoms with Crippen LogP contribution < -0.4 is 11.1 Å². The van der Waals surface area contributed by atoms with Crippen molar-refractivity contribution in [2.24, 2.45) is 5.73 Å². The Morgan fingerprint density at radius 3 is 2.81 bits per heavy atom. The monoisotopic (exact) mass is 243 g/mol. The minimum atomic E-state index is -3.23. The predicted octanol–water partition coefficient (Wildman–Crippen LogP) is 0.636. The van der Waals surface area contributed by atoms with Crippen LogP contribution in [0.5, 0.6) is 0 Å². The fourth-order valence-corrected chi connectivity index (χ4v) is 2.10. The normalized spacial score (nSPS) is 11.4. The van der Waals surface area contributed by atoms with E-state index < -0.39 is 9.84 Å². The molecule has 0 aromatic carbocycles. The quantitative estimate of drug-likeness (QED) is 0.716. The topological polar surface area (TPSA) is 85.1 Å². The van der Waals surface area contributed by atoms with Crippen molar-refractivity contribution >= 4 is 15.7 Å². The van der Waals surface area contributed by atoms with Gasteiger partial charge in [0.15, 0.2) is 9.84 Å². The summed E-state index contributed by atoms with van der Waals surface area (Å²) in [6, 6.07) is 3.16. The van der Waals surface area contributed by atoms with Gasteiger partial charge in [-0.3, -0.25) is 0 Å². The molecule has 0 saturated heterocycles. The zero-order valence-corrected chi connectivity index (χ0v) is 10.1. The molecule has 6 heteroatoms. The molecule has 0 unspecified atom stereocenters. The highest BCUT2D eigenvalue weighted by molar-refractivity contribution is 7.90. The number of sulfone groups is 1. The van der Waals surface area contributed by atoms with Gasteiger partial charge in [-0.15, -0.1) is 0 Å². The van der Waals surface area contributed by atoms with Crippen LogP contribution in [0.15, 0.2) is 23.2 Å². The summed E-state index contributed by atoms with van der Waals surface area (Å²) in [5.74, 6) is 0.419. The van der Waals surface area contributed by atoms with Crippen molar-refractivity contribution in [3.63, 3.8) is 0 Å². The predicted molar refractivity (Wildman–Crippen MR) is 64.1 cm³/mol. The Bertz CT molecular complexity index is 431. The number of hydrogen-bond donors (Lipinski definition) is 2. The van der Waals surface area contributed by atoms with Crippen molar-refractivity contribution in [3.8, 4) is 0 Å². The number of rotatable bonds is 6. The van der Waals surface area contributed by atoms with Crippen molar-refractivity contribution in [3.05, 3.63) is 18.3 Å². The number of aromatic nitrogens is 1. The van der Waals surface area contributed by atoms with Gasteiger partial charge in [0.25, 0.3) is 0 Å². The van der Waals surface area contributed by atoms with Gasteiger partial charge in [0, 0.05) is 19.0 Å². The molecule has 0 amide bonds. The average molecular weight is 243 g/mol. The van der Waals surface area contributed by atoms with Crippen LogP contribution in [0, 0.1) is 0 Å². The number of nitrogens with two attached hydrogens (primary N) is 1. The van der Waals surface area contributed by atoms with Gasteiger partial charge >= 0.3 is 0 Å². The van der Waals surface area contributed by atoms with Crippen LogP contribution in [0.2, 0.25) is 0 Å². The third-order valence-electron chi connectivity index (χ3n) is 2.09. The number of unbranched alkanes of at least 4 members (excludes halogenated alkanes) is 1. The molecular weight excluding hydrogens is 226 g/mol. The van der Waals surface area contributed by atoms with E-state index in [4.69, 9.17) is 5.73 Å². The fourth-order valence-electron chi connectivity index (χ4n) is 1.30. The van der Waals surface area contributed by atoms with E-state index in [0.29, 0.717) is 18.9 Å². The minimum absolute atomic E-state index is 0.239. The second kappa shape index (κ2) is 5.81. The van der Waals surface area contributed by atoms with Gasteiger partial charge in [-0.2, -0.15) is 0 Å². The van der Waals surface area contributed by atoms with E-state index in [0.717, 1.165) is 12.8 Å². The number of nitrogens with one attached hydrogen (secondary N) is 1. The maximum atomic E-state index is 11.4. The Balaban J connectivity index is 2.73. The lowest BCUT2D eigenvalue weighted by atomic mass is 10.3. The van der Waals surface area contributed by atoms with Crippen LogP contribution in [0.25, 0.3) is 0 Å². The fraction of sp³-hybridized carbons (Fsp3) is 0.500. The van der Waals surface area contributed by atoms with Crippen molar-refractivity contribution < 1.29 is 8.42 Å². The Morgan fingerprint density at radius 2 is 2.19 bits per heavy atom. The first kappa shape index (κ1) is 12.9. The Morgan fingerprint density at radius 1 is 1.44 bits per heavy atom. The summed E-state index contributed by atoms with van der Waals surface area (Å²) < 4.78 is 22.9. The van der Waals surface area contributed by atoms with Crippen LogP contribution >= 0.6 is 0 Å². The smallest absolute Gasteiger partial charge is 0.179 e. The third kappa shape index (κ3) is 3.79. The average Bonchev–Trinajstić information content (AvgIpc) is 2.24. The van der Waals surface area contributed by atoms with Gasteiger partial charge in [-0.25, -0.2) is 13.4 Å². The van der Waals surface area contributed by atoms with E-state index in [9.17, 15) is 8.42 Å². The van der Waals surface area contributed by atoms with Crippen LogP contribution in [-0.2, 0) is 9.84 Å². The molecule has 0 saturated carbocycles. The highest BCUT2D eigenvalue weighted by atomic mass is 32.2. The summed E-state index contributed by atoms with van der Waals surface area (Å²) in [5, 5.41) is 3.01. The summed E-state index contributed by atoms with van der Waals surface area (Å²) in [5.41, 5.74) is 5.37. The number of hydrogen-bond acceptors (Lipinski definition) is 5. The summed E-state index contributed by atoms with van der Waals surface area (Å²) in [6.07, 6.45) is 4.55. The second-order valence-electron chi connectivity index (χ2n) is 3.54. The molecule has 0 bridgehead atoms. The van der Waals surface area contributed by atoms with Crippen LogP contribution in [-0.4, -0.2) is 32.7 Å². The maximum Gasteiger partial charge on any atom is 0.179 e. The van der Waals surface area contributed by atoms with Gasteiger partial charge in [-0.05, 0) is 31.5 Å². The van der Waals surface area contributed by atoms with E-state index in [1.54, 1.807) is 18.3 Å². The summed E-state index contributed by atoms with van der Waals surface area (Å²) in [7, 11) is -3.23. The van der Waals surface area contributed by atoms with Crippen molar-refractivity contribution in [2.45, 2.75) is 17.7 Å². The molecule has 1 aromatic heterocycles. The molecule has 0 radical (unpaired) electrons. The van der Waals surface area contributed by atoms with E-state index in [2.05, 4.69) is 10.3 Å². The summed E-state index contributed by atoms with van der Waals surface area (Å²) in [4.78, 5) is 4.26. The highest BCUT2D eigenvalue weighted by Crippen LogP contribution is 2.17. The largest absolute Gasteiger partial charge is 0.369 e. The molecule has 0 spiro atoms. The van der Waals surface area contributed by atoms with Crippen LogP contribution in [0.4, 0.5) is 5.82 Å². The van der Waals surface area contributed by atoms with Gasteiger partial charge in [-0.1, -0.05) is 0 Å². The maximum absolute atomic E-state index is 11.4. The third-order valence-corrected chi connectivity index (χ3v) is 3.22. The molecule has 1 heterocycles. The van der Waals surface area contributed by atoms with Crippen molar-refractivity contribution in [1.29, 1.82) is 0 Å². The zero-order chi connectivity index (χ0) is 12.0. The first-order chi connectivity index (χ1) is 7.55. The van der Waals surface area contributed by atoms with Crippen LogP contribution in [0.3, 0.4) is 0 Å². The Hall–Kier alpha value is -1.14. The minimum Gasteiger partial charge on any atom is -0.369 e. The molecule has 5 nitrogen and oxygen atoms in total. The Labute approximate surface area is 96.0 Å². The first-order valence-electron chi connectivity index (χ1n) is 5.14. The standard InChI is InChI=1S/C10H17N3O2S/c1-16(14,15)9-5-4-8-13-10(9)12-7-3-2-6-11/h4-5,8H,2-3,6-7,11H2,1H3,(H,12,13). The molecule has 0 atom stereocenters. The van der Waals surface area contributed by atoms with Gasteiger partial charge < -0.3 is 11.1 Å². The lowest BCUT2D eigenvalue weighted by Gasteiger charge is -2.08. The summed E-state index contributed by atoms with van der Waals surface area (Å²) in [6.45, 7) is 1.32. The molecule has 0 aliphatic heterocycles. The summed E-state index contributed by atoms with van der Waals surface area (Å²) >= 11 is 0. The molecule has 0 fully saturated rings. The molecule has 0 aliphatic carbocycles. The molecule has 16 heavy (non-hydrogen) atoms. The van der Waals surface area contributed by atoms with E-state index in [1.165, 1.54) is 6.26 Å². The number of nitrogens with zero attached hydrogens (tertiary/aromatic N) is 1. The van der Waals surface area contributed by atoms with Gasteiger partial charge in [0.05, 0.1) is 0 Å². The lowest BCUT2D eigenvalue weighted by molar-refractivity contribution is 0.601. The zero-order valence-electron chi connectivity index (χ0n) is 9.31. The molecule has 1 rings (SSSR count). The van der Waals surface area contributed by atoms with E-state index in [-0.39, 0.29) is 4.90 Å². The molecule has 3 N–H and O–H groups in total.